The quantitative estimate of drug-likeness (QED) is 0.00855. The molecule has 4 aromatic rings. The summed E-state index contributed by atoms with van der Waals surface area (Å²) < 4.78 is 0. The number of carbonyl (C=O) groups is 11. The third kappa shape index (κ3) is 30.2. The highest BCUT2D eigenvalue weighted by Gasteiger charge is 2.47. The minimum absolute atomic E-state index is 0.0135. The third-order valence-electron chi connectivity index (χ3n) is 30.4. The molecule has 13 N–H and O–H groups in total. The van der Waals surface area contributed by atoms with Crippen LogP contribution in [0.2, 0.25) is 0 Å². The van der Waals surface area contributed by atoms with Gasteiger partial charge in [-0.1, -0.05) is 182 Å². The van der Waals surface area contributed by atoms with E-state index in [1.165, 1.54) is 157 Å². The van der Waals surface area contributed by atoms with Gasteiger partial charge in [-0.25, -0.2) is 19.2 Å². The number of nitrogens with one attached hydrogen (secondary N) is 4. The number of aromatic carboxylic acids is 3. The van der Waals surface area contributed by atoms with E-state index in [0.717, 1.165) is 156 Å². The van der Waals surface area contributed by atoms with Gasteiger partial charge >= 0.3 is 23.9 Å². The molecule has 12 rings (SSSR count). The van der Waals surface area contributed by atoms with Crippen molar-refractivity contribution in [2.24, 2.45) is 82.5 Å². The molecule has 8 aliphatic rings. The number of ketones is 1. The van der Waals surface area contributed by atoms with Crippen molar-refractivity contribution >= 4 is 65.1 Å². The number of aliphatic carboxylic acids is 1. The second kappa shape index (κ2) is 51.5. The van der Waals surface area contributed by atoms with Crippen LogP contribution in [0.1, 0.15) is 418 Å². The van der Waals surface area contributed by atoms with Crippen molar-refractivity contribution in [1.82, 2.24) is 31.1 Å². The predicted octanol–water partition coefficient (Wildman–Crippen LogP) is 19.7. The first-order valence-electron chi connectivity index (χ1n) is 49.6. The Morgan fingerprint density at radius 3 is 1.15 bits per heavy atom. The van der Waals surface area contributed by atoms with Crippen LogP contribution in [0.5, 0.6) is 0 Å². The van der Waals surface area contributed by atoms with Gasteiger partial charge < -0.3 is 53.0 Å². The molecule has 6 fully saturated rings. The van der Waals surface area contributed by atoms with Crippen LogP contribution in [-0.2, 0) is 9.59 Å². The van der Waals surface area contributed by atoms with E-state index in [9.17, 15) is 63.0 Å². The highest BCUT2D eigenvalue weighted by atomic mass is 16.4. The second-order valence-corrected chi connectivity index (χ2v) is 40.3. The number of benzene rings is 4. The zero-order valence-electron chi connectivity index (χ0n) is 79.1. The minimum Gasteiger partial charge on any atom is -0.480 e. The first-order valence-corrected chi connectivity index (χ1v) is 49.6. The normalized spacial score (nSPS) is 27.4. The number of hydrogen-bond acceptors (Lipinski definition) is 16. The molecule has 2 aliphatic heterocycles. The number of imide groups is 2. The highest BCUT2D eigenvalue weighted by molar-refractivity contribution is 6.24. The van der Waals surface area contributed by atoms with Crippen molar-refractivity contribution in [2.75, 3.05) is 7.05 Å². The Bertz CT molecular complexity index is 4330. The van der Waals surface area contributed by atoms with Gasteiger partial charge in [-0.05, 0) is 299 Å². The molecule has 712 valence electrons. The van der Waals surface area contributed by atoms with Crippen molar-refractivity contribution in [3.8, 4) is 0 Å². The molecule has 4 aromatic carbocycles. The van der Waals surface area contributed by atoms with Crippen LogP contribution in [0.15, 0.2) is 84.9 Å². The first-order chi connectivity index (χ1) is 61.7. The minimum atomic E-state index is -1.24. The SMILES string of the molecule is CC1CC(CC2CCC(N)C(C)C2)CCC1N.CCCCCCCCCCC(C(=O)NC1CCC(CC2CCC(NC(O)c3cccc(C(C)=O)c3)C(C)C2)CC1C)N1C(=O)c2ccc(C(=O)NC3CCC(CC4CCC(NC)C(C)C4)CC3C)cc2C1=O.CCCCCCCCCCC(C(=O)O)N1C(=O)c2ccc(C(=O)O)cc2C1=O.O=C(O)c1cccc(C(=O)O)c1. The third-order valence-corrected chi connectivity index (χ3v) is 30.4. The molecular formula is C105H156N8O16. The molecule has 6 saturated carbocycles. The number of carboxylic acid groups (broad SMARTS) is 4. The van der Waals surface area contributed by atoms with Gasteiger partial charge in [0.1, 0.15) is 18.3 Å². The average Bonchev–Trinajstić information content (AvgIpc) is 1.62. The molecule has 0 aromatic heterocycles. The molecule has 0 radical (unpaired) electrons. The first kappa shape index (κ1) is 104. The van der Waals surface area contributed by atoms with Crippen molar-refractivity contribution < 1.29 is 78.3 Å². The lowest BCUT2D eigenvalue weighted by Gasteiger charge is -2.40. The number of fused-ring (bicyclic) bond motifs is 2. The molecule has 21 atom stereocenters. The van der Waals surface area contributed by atoms with Crippen LogP contribution in [0.4, 0.5) is 0 Å². The Labute approximate surface area is 767 Å². The number of amides is 6. The Kier molecular flexibility index (Phi) is 41.6. The largest absolute Gasteiger partial charge is 0.480 e. The maximum atomic E-state index is 14.5. The number of aliphatic hydroxyl groups excluding tert-OH is 1. The standard InChI is InChI=1S/C61H93N5O6.C21H27NO6.C15H30N2.C8H6O4/c1-8-9-10-11-12-13-14-15-19-56(59(70)65-55-29-23-46(33-41(55)5)35-45-21-27-53(39(3)31-45)63-57(68)48-18-16-17-47(36-48)42(6)67)66-60(71)50-25-24-49(37-51(50)61(66)72)58(69)64-54-28-22-44(32-40(54)4)34-43-20-26-52(62-7)38(2)30-43;1-2-3-4-5-6-7-8-9-10-17(21(27)28)22-18(23)15-12-11-14(20(25)26)13-16(15)19(22)24;1-10-7-12(3-5-14(10)16)9-13-4-6-15(17)11(2)8-13;9-7(10)5-2-1-3-6(4-5)8(11)12/h16-18,24-25,36-41,43-46,52-57,62-63,68H,8-15,19-23,26-35H2,1-7H3,(H,64,69)(H,65,70);11-13,17H,2-10H2,1H3,(H,25,26)(H,27,28);10-15H,3-9,16-17H2,1-2H3;1-4H,(H,9,10)(H,11,12). The zero-order chi connectivity index (χ0) is 93.7. The summed E-state index contributed by atoms with van der Waals surface area (Å²) in [6, 6.07) is 20.6. The number of nitrogens with zero attached hydrogens (tertiary/aromatic N) is 2. The van der Waals surface area contributed by atoms with E-state index in [4.69, 9.17) is 26.8 Å². The number of aliphatic hydroxyl groups is 1. The molecule has 24 nitrogen and oxygen atoms in total. The van der Waals surface area contributed by atoms with E-state index in [-0.39, 0.29) is 87.0 Å². The number of hydrogen-bond donors (Lipinski definition) is 11. The summed E-state index contributed by atoms with van der Waals surface area (Å²) in [5.74, 6) is 0.169. The van der Waals surface area contributed by atoms with Crippen molar-refractivity contribution in [3.05, 3.63) is 141 Å². The molecule has 24 heteroatoms. The number of unbranched alkanes of at least 4 members (excludes halogenated alkanes) is 14. The molecule has 0 bridgehead atoms. The number of carboxylic acids is 4. The highest BCUT2D eigenvalue weighted by Crippen LogP contribution is 2.44. The fraction of sp³-hybridized carbons (Fsp3) is 0.667. The lowest BCUT2D eigenvalue weighted by molar-refractivity contribution is -0.141. The summed E-state index contributed by atoms with van der Waals surface area (Å²) in [5, 5.41) is 60.3. The molecule has 129 heavy (non-hydrogen) atoms. The van der Waals surface area contributed by atoms with Crippen LogP contribution < -0.4 is 32.7 Å². The maximum absolute atomic E-state index is 14.5. The Balaban J connectivity index is 0.000000263. The van der Waals surface area contributed by atoms with E-state index in [1.807, 2.05) is 12.1 Å². The summed E-state index contributed by atoms with van der Waals surface area (Å²) in [5.41, 5.74) is 14.2. The molecule has 6 amide bonds. The van der Waals surface area contributed by atoms with E-state index in [0.29, 0.717) is 83.2 Å². The van der Waals surface area contributed by atoms with Crippen LogP contribution >= 0.6 is 0 Å². The average molecular weight is 1790 g/mol. The Morgan fingerprint density at radius 1 is 0.388 bits per heavy atom. The van der Waals surface area contributed by atoms with Gasteiger partial charge in [0.25, 0.3) is 29.5 Å². The van der Waals surface area contributed by atoms with Gasteiger partial charge in [0.2, 0.25) is 5.91 Å². The van der Waals surface area contributed by atoms with Gasteiger partial charge in [0.05, 0.1) is 38.9 Å². The molecule has 6 aliphatic carbocycles. The molecule has 0 saturated heterocycles. The zero-order valence-corrected chi connectivity index (χ0v) is 79.1. The molecule has 0 spiro atoms. The predicted molar refractivity (Wildman–Crippen MR) is 504 cm³/mol. The van der Waals surface area contributed by atoms with Crippen LogP contribution in [0.3, 0.4) is 0 Å². The van der Waals surface area contributed by atoms with E-state index < -0.39 is 65.8 Å². The van der Waals surface area contributed by atoms with E-state index in [2.05, 4.69) is 83.7 Å². The summed E-state index contributed by atoms with van der Waals surface area (Å²) in [4.78, 5) is 140. The second-order valence-electron chi connectivity index (χ2n) is 40.3. The number of Topliss-reactive ketones (excluding diaryl/α,β-unsaturated/α-hetero) is 1. The smallest absolute Gasteiger partial charge is 0.335 e. The Morgan fingerprint density at radius 2 is 0.736 bits per heavy atom. The van der Waals surface area contributed by atoms with Gasteiger partial charge in [-0.3, -0.25) is 48.7 Å². The lowest BCUT2D eigenvalue weighted by atomic mass is 9.70. The fourth-order valence-electron chi connectivity index (χ4n) is 22.5. The van der Waals surface area contributed by atoms with Gasteiger partial charge in [0.15, 0.2) is 5.78 Å². The van der Waals surface area contributed by atoms with Crippen molar-refractivity contribution in [3.63, 3.8) is 0 Å². The molecule has 2 heterocycles. The Hall–Kier alpha value is -8.55. The number of carbonyl (C=O) groups excluding carboxylic acids is 7. The summed E-state index contributed by atoms with van der Waals surface area (Å²) in [7, 11) is 2.08. The van der Waals surface area contributed by atoms with E-state index in [1.54, 1.807) is 37.3 Å². The summed E-state index contributed by atoms with van der Waals surface area (Å²) >= 11 is 0. The number of nitrogens with two attached hydrogens (primary N) is 2. The fourth-order valence-corrected chi connectivity index (χ4v) is 22.5. The van der Waals surface area contributed by atoms with Crippen molar-refractivity contribution in [2.45, 2.75) is 367 Å². The topological polar surface area (TPSA) is 396 Å². The number of rotatable bonds is 39. The van der Waals surface area contributed by atoms with E-state index >= 15 is 0 Å². The monoisotopic (exact) mass is 1790 g/mol. The van der Waals surface area contributed by atoms with Gasteiger partial charge in [0, 0.05) is 47.4 Å². The van der Waals surface area contributed by atoms with Crippen LogP contribution in [-0.4, -0.2) is 156 Å². The van der Waals surface area contributed by atoms with Gasteiger partial charge in [-0.2, -0.15) is 0 Å². The molecule has 21 unspecified atom stereocenters. The van der Waals surface area contributed by atoms with Gasteiger partial charge in [-0.15, -0.1) is 0 Å². The molecular weight excluding hydrogens is 1630 g/mol. The van der Waals surface area contributed by atoms with Crippen molar-refractivity contribution in [1.29, 1.82) is 0 Å². The van der Waals surface area contributed by atoms with Crippen LogP contribution in [0, 0.1) is 71.0 Å². The maximum Gasteiger partial charge on any atom is 0.335 e. The van der Waals surface area contributed by atoms with Crippen LogP contribution in [0.25, 0.3) is 0 Å². The summed E-state index contributed by atoms with van der Waals surface area (Å²) in [6.45, 7) is 19.7. The summed E-state index contributed by atoms with van der Waals surface area (Å²) in [6.07, 6.45) is 41.8. The lowest BCUT2D eigenvalue weighted by Crippen LogP contribution is -2.53.